The molecule has 22 heavy (non-hydrogen) atoms. The topological polar surface area (TPSA) is 93.5 Å². The third kappa shape index (κ3) is 4.57. The Kier molecular flexibility index (Phi) is 7.07. The van der Waals surface area contributed by atoms with E-state index in [4.69, 9.17) is 4.74 Å². The molecule has 0 radical (unpaired) electrons. The van der Waals surface area contributed by atoms with Crippen LogP contribution in [0.15, 0.2) is 18.2 Å². The third-order valence-electron chi connectivity index (χ3n) is 3.59. The largest absolute Gasteiger partial charge is 0.496 e. The number of nitrogens with zero attached hydrogens (tertiary/aromatic N) is 1. The van der Waals surface area contributed by atoms with E-state index in [1.165, 1.54) is 25.3 Å². The fourth-order valence-electron chi connectivity index (χ4n) is 2.42. The Hall–Kier alpha value is -1.86. The van der Waals surface area contributed by atoms with E-state index in [2.05, 4.69) is 10.6 Å². The Bertz CT molecular complexity index is 533. The average molecular weight is 330 g/mol. The standard InChI is InChI=1S/C14H19N3O4.ClH/c1-21-13-5-4-11(17(19)20)7-12(13)14(18)16-9-10-3-2-6-15-8-10;/h4-5,7,10,15H,2-3,6,8-9H2,1H3,(H,16,18);1H. The quantitative estimate of drug-likeness (QED) is 0.634. The van der Waals surface area contributed by atoms with Crippen molar-refractivity contribution in [3.8, 4) is 5.75 Å². The first-order valence-electron chi connectivity index (χ1n) is 6.93. The van der Waals surface area contributed by atoms with Gasteiger partial charge in [-0.25, -0.2) is 0 Å². The van der Waals surface area contributed by atoms with Gasteiger partial charge in [-0.3, -0.25) is 14.9 Å². The summed E-state index contributed by atoms with van der Waals surface area (Å²) in [5.74, 6) is 0.383. The number of nitrogens with one attached hydrogen (secondary N) is 2. The van der Waals surface area contributed by atoms with Crippen LogP contribution in [0, 0.1) is 16.0 Å². The number of nitro benzene ring substituents is 1. The summed E-state index contributed by atoms with van der Waals surface area (Å²) in [6, 6.07) is 4.00. The number of halogens is 1. The number of amides is 1. The lowest BCUT2D eigenvalue weighted by Crippen LogP contribution is -2.38. The molecule has 1 atom stereocenters. The van der Waals surface area contributed by atoms with Crippen molar-refractivity contribution in [1.82, 2.24) is 10.6 Å². The number of ether oxygens (including phenoxy) is 1. The zero-order valence-electron chi connectivity index (χ0n) is 12.3. The first kappa shape index (κ1) is 18.2. The second-order valence-electron chi connectivity index (χ2n) is 5.06. The highest BCUT2D eigenvalue weighted by atomic mass is 35.5. The Morgan fingerprint density at radius 1 is 1.55 bits per heavy atom. The highest BCUT2D eigenvalue weighted by Crippen LogP contribution is 2.24. The average Bonchev–Trinajstić information content (AvgIpc) is 2.52. The van der Waals surface area contributed by atoms with Crippen LogP contribution in [0.5, 0.6) is 5.75 Å². The predicted octanol–water partition coefficient (Wildman–Crippen LogP) is 1.75. The maximum absolute atomic E-state index is 12.2. The molecule has 122 valence electrons. The van der Waals surface area contributed by atoms with Crippen molar-refractivity contribution in [3.05, 3.63) is 33.9 Å². The second kappa shape index (κ2) is 8.55. The highest BCUT2D eigenvalue weighted by Gasteiger charge is 2.19. The third-order valence-corrected chi connectivity index (χ3v) is 3.59. The molecular formula is C14H20ClN3O4. The van der Waals surface area contributed by atoms with Crippen molar-refractivity contribution < 1.29 is 14.5 Å². The zero-order chi connectivity index (χ0) is 15.2. The molecule has 1 amide bonds. The number of piperidine rings is 1. The summed E-state index contributed by atoms with van der Waals surface area (Å²) >= 11 is 0. The van der Waals surface area contributed by atoms with Crippen LogP contribution in [-0.4, -0.2) is 37.6 Å². The van der Waals surface area contributed by atoms with Gasteiger partial charge in [-0.15, -0.1) is 12.4 Å². The molecule has 1 aliphatic rings. The minimum absolute atomic E-state index is 0. The Balaban J connectivity index is 0.00000242. The van der Waals surface area contributed by atoms with Crippen LogP contribution >= 0.6 is 12.4 Å². The minimum atomic E-state index is -0.527. The molecule has 1 unspecified atom stereocenters. The van der Waals surface area contributed by atoms with E-state index < -0.39 is 4.92 Å². The molecule has 8 heteroatoms. The van der Waals surface area contributed by atoms with Crippen molar-refractivity contribution >= 4 is 24.0 Å². The van der Waals surface area contributed by atoms with E-state index in [-0.39, 0.29) is 29.6 Å². The maximum Gasteiger partial charge on any atom is 0.270 e. The Morgan fingerprint density at radius 3 is 2.91 bits per heavy atom. The van der Waals surface area contributed by atoms with Gasteiger partial charge in [0.05, 0.1) is 17.6 Å². The molecule has 0 aliphatic carbocycles. The molecule has 0 bridgehead atoms. The minimum Gasteiger partial charge on any atom is -0.496 e. The van der Waals surface area contributed by atoms with Crippen LogP contribution in [0.25, 0.3) is 0 Å². The van der Waals surface area contributed by atoms with E-state index >= 15 is 0 Å². The lowest BCUT2D eigenvalue weighted by Gasteiger charge is -2.23. The Morgan fingerprint density at radius 2 is 2.32 bits per heavy atom. The number of carbonyl (C=O) groups is 1. The molecule has 1 aliphatic heterocycles. The van der Waals surface area contributed by atoms with Crippen molar-refractivity contribution in [1.29, 1.82) is 0 Å². The summed E-state index contributed by atoms with van der Waals surface area (Å²) < 4.78 is 5.10. The lowest BCUT2D eigenvalue weighted by molar-refractivity contribution is -0.384. The van der Waals surface area contributed by atoms with Gasteiger partial charge in [-0.05, 0) is 37.9 Å². The summed E-state index contributed by atoms with van der Waals surface area (Å²) in [7, 11) is 1.43. The van der Waals surface area contributed by atoms with Crippen molar-refractivity contribution in [2.45, 2.75) is 12.8 Å². The van der Waals surface area contributed by atoms with Crippen LogP contribution in [0.1, 0.15) is 23.2 Å². The molecule has 2 N–H and O–H groups in total. The van der Waals surface area contributed by atoms with E-state index in [0.29, 0.717) is 18.2 Å². The number of benzene rings is 1. The van der Waals surface area contributed by atoms with E-state index in [0.717, 1.165) is 25.9 Å². The van der Waals surface area contributed by atoms with Gasteiger partial charge < -0.3 is 15.4 Å². The first-order valence-corrected chi connectivity index (χ1v) is 6.93. The van der Waals surface area contributed by atoms with Gasteiger partial charge >= 0.3 is 0 Å². The number of nitro groups is 1. The number of methoxy groups -OCH3 is 1. The van der Waals surface area contributed by atoms with Gasteiger partial charge in [0.25, 0.3) is 11.6 Å². The summed E-state index contributed by atoms with van der Waals surface area (Å²) in [5, 5.41) is 16.9. The lowest BCUT2D eigenvalue weighted by atomic mass is 9.99. The molecule has 0 saturated carbocycles. The second-order valence-corrected chi connectivity index (χ2v) is 5.06. The number of carbonyl (C=O) groups excluding carboxylic acids is 1. The molecule has 0 aromatic heterocycles. The molecule has 2 rings (SSSR count). The monoisotopic (exact) mass is 329 g/mol. The first-order chi connectivity index (χ1) is 10.1. The predicted molar refractivity (Wildman–Crippen MR) is 84.8 cm³/mol. The molecule has 1 heterocycles. The van der Waals surface area contributed by atoms with Crippen LogP contribution < -0.4 is 15.4 Å². The number of rotatable bonds is 5. The summed E-state index contributed by atoms with van der Waals surface area (Å²) in [6.07, 6.45) is 2.17. The Labute approximate surface area is 135 Å². The number of hydrogen-bond donors (Lipinski definition) is 2. The van der Waals surface area contributed by atoms with Gasteiger partial charge in [0.15, 0.2) is 0 Å². The number of hydrogen-bond acceptors (Lipinski definition) is 5. The highest BCUT2D eigenvalue weighted by molar-refractivity contribution is 5.97. The maximum atomic E-state index is 12.2. The van der Waals surface area contributed by atoms with Crippen molar-refractivity contribution in [3.63, 3.8) is 0 Å². The van der Waals surface area contributed by atoms with Gasteiger partial charge in [-0.2, -0.15) is 0 Å². The summed E-state index contributed by atoms with van der Waals surface area (Å²) in [5.41, 5.74) is 0.0655. The van der Waals surface area contributed by atoms with Crippen LogP contribution in [0.2, 0.25) is 0 Å². The van der Waals surface area contributed by atoms with Gasteiger partial charge in [0, 0.05) is 18.7 Å². The molecule has 1 fully saturated rings. The smallest absolute Gasteiger partial charge is 0.270 e. The SMILES string of the molecule is COc1ccc([N+](=O)[O-])cc1C(=O)NCC1CCCNC1.Cl. The normalized spacial score (nSPS) is 17.2. The molecular weight excluding hydrogens is 310 g/mol. The zero-order valence-corrected chi connectivity index (χ0v) is 13.1. The van der Waals surface area contributed by atoms with Crippen molar-refractivity contribution in [2.24, 2.45) is 5.92 Å². The number of non-ortho nitro benzene ring substituents is 1. The fourth-order valence-corrected chi connectivity index (χ4v) is 2.42. The summed E-state index contributed by atoms with van der Waals surface area (Å²) in [6.45, 7) is 2.45. The summed E-state index contributed by atoms with van der Waals surface area (Å²) in [4.78, 5) is 22.5. The van der Waals surface area contributed by atoms with Gasteiger partial charge in [-0.1, -0.05) is 0 Å². The van der Waals surface area contributed by atoms with E-state index in [1.807, 2.05) is 0 Å². The van der Waals surface area contributed by atoms with Crippen molar-refractivity contribution in [2.75, 3.05) is 26.7 Å². The molecule has 1 saturated heterocycles. The van der Waals surface area contributed by atoms with E-state index in [9.17, 15) is 14.9 Å². The van der Waals surface area contributed by atoms with Crippen LogP contribution in [0.4, 0.5) is 5.69 Å². The fraction of sp³-hybridized carbons (Fsp3) is 0.500. The molecule has 7 nitrogen and oxygen atoms in total. The van der Waals surface area contributed by atoms with Crippen LogP contribution in [0.3, 0.4) is 0 Å². The van der Waals surface area contributed by atoms with E-state index in [1.54, 1.807) is 0 Å². The molecule has 1 aromatic carbocycles. The van der Waals surface area contributed by atoms with Gasteiger partial charge in [0.1, 0.15) is 5.75 Å². The van der Waals surface area contributed by atoms with Crippen LogP contribution in [-0.2, 0) is 0 Å². The van der Waals surface area contributed by atoms with Gasteiger partial charge in [0.2, 0.25) is 0 Å². The molecule has 0 spiro atoms. The molecule has 1 aromatic rings.